The first-order valence-corrected chi connectivity index (χ1v) is 9.45. The van der Waals surface area contributed by atoms with Gasteiger partial charge in [-0.3, -0.25) is 9.20 Å². The molecule has 2 aromatic carbocycles. The van der Waals surface area contributed by atoms with Crippen LogP contribution < -0.4 is 5.32 Å². The molecular formula is C21H19N3OS. The van der Waals surface area contributed by atoms with Gasteiger partial charge < -0.3 is 5.32 Å². The second kappa shape index (κ2) is 7.14. The van der Waals surface area contributed by atoms with Gasteiger partial charge in [0.05, 0.1) is 5.69 Å². The minimum absolute atomic E-state index is 0.132. The smallest absolute Gasteiger partial charge is 0.272 e. The summed E-state index contributed by atoms with van der Waals surface area (Å²) in [6.07, 6.45) is 2.76. The SMILES string of the molecule is Cc1ccc(-c2c(C(=O)NCCc3ccccc3)nc3sccn23)cc1. The fraction of sp³-hybridized carbons (Fsp3) is 0.143. The highest BCUT2D eigenvalue weighted by atomic mass is 32.1. The molecule has 0 atom stereocenters. The number of rotatable bonds is 5. The van der Waals surface area contributed by atoms with E-state index in [4.69, 9.17) is 0 Å². The number of fused-ring (bicyclic) bond motifs is 1. The van der Waals surface area contributed by atoms with E-state index in [9.17, 15) is 4.79 Å². The molecule has 0 saturated carbocycles. The quantitative estimate of drug-likeness (QED) is 0.575. The number of imidazole rings is 1. The van der Waals surface area contributed by atoms with Crippen LogP contribution in [-0.2, 0) is 6.42 Å². The number of aryl methyl sites for hydroxylation is 1. The number of hydrogen-bond acceptors (Lipinski definition) is 3. The number of carbonyl (C=O) groups excluding carboxylic acids is 1. The lowest BCUT2D eigenvalue weighted by molar-refractivity contribution is 0.0950. The molecule has 4 nitrogen and oxygen atoms in total. The number of carbonyl (C=O) groups is 1. The van der Waals surface area contributed by atoms with Crippen molar-refractivity contribution in [2.24, 2.45) is 0 Å². The lowest BCUT2D eigenvalue weighted by atomic mass is 10.1. The maximum atomic E-state index is 12.8. The lowest BCUT2D eigenvalue weighted by Gasteiger charge is -2.07. The van der Waals surface area contributed by atoms with E-state index >= 15 is 0 Å². The topological polar surface area (TPSA) is 46.4 Å². The predicted molar refractivity (Wildman–Crippen MR) is 106 cm³/mol. The Kier molecular flexibility index (Phi) is 4.54. The summed E-state index contributed by atoms with van der Waals surface area (Å²) in [5.41, 5.74) is 4.72. The van der Waals surface area contributed by atoms with E-state index in [1.165, 1.54) is 22.5 Å². The Hall–Kier alpha value is -2.92. The van der Waals surface area contributed by atoms with Crippen LogP contribution in [0.25, 0.3) is 16.2 Å². The Labute approximate surface area is 156 Å². The third kappa shape index (κ3) is 3.26. The Morgan fingerprint density at radius 2 is 1.88 bits per heavy atom. The largest absolute Gasteiger partial charge is 0.350 e. The zero-order valence-electron chi connectivity index (χ0n) is 14.5. The van der Waals surface area contributed by atoms with Gasteiger partial charge in [-0.15, -0.1) is 11.3 Å². The average molecular weight is 361 g/mol. The third-order valence-electron chi connectivity index (χ3n) is 4.34. The maximum absolute atomic E-state index is 12.8. The molecule has 0 aliphatic heterocycles. The highest BCUT2D eigenvalue weighted by Crippen LogP contribution is 2.27. The van der Waals surface area contributed by atoms with Crippen molar-refractivity contribution < 1.29 is 4.79 Å². The summed E-state index contributed by atoms with van der Waals surface area (Å²) in [7, 11) is 0. The molecule has 130 valence electrons. The van der Waals surface area contributed by atoms with Crippen molar-refractivity contribution in [1.82, 2.24) is 14.7 Å². The molecule has 2 heterocycles. The van der Waals surface area contributed by atoms with Crippen LogP contribution in [-0.4, -0.2) is 21.8 Å². The minimum atomic E-state index is -0.132. The van der Waals surface area contributed by atoms with E-state index in [2.05, 4.69) is 41.5 Å². The number of hydrogen-bond donors (Lipinski definition) is 1. The number of amides is 1. The van der Waals surface area contributed by atoms with Gasteiger partial charge in [-0.05, 0) is 18.9 Å². The molecule has 5 heteroatoms. The second-order valence-electron chi connectivity index (χ2n) is 6.22. The summed E-state index contributed by atoms with van der Waals surface area (Å²) >= 11 is 1.53. The molecule has 0 spiro atoms. The molecule has 2 aromatic heterocycles. The molecule has 1 N–H and O–H groups in total. The molecule has 4 aromatic rings. The molecule has 4 rings (SSSR count). The van der Waals surface area contributed by atoms with Crippen molar-refractivity contribution in [1.29, 1.82) is 0 Å². The van der Waals surface area contributed by atoms with E-state index in [1.54, 1.807) is 0 Å². The summed E-state index contributed by atoms with van der Waals surface area (Å²) in [4.78, 5) is 18.2. The van der Waals surface area contributed by atoms with Crippen LogP contribution in [0.3, 0.4) is 0 Å². The molecule has 0 fully saturated rings. The maximum Gasteiger partial charge on any atom is 0.272 e. The molecule has 26 heavy (non-hydrogen) atoms. The van der Waals surface area contributed by atoms with Crippen molar-refractivity contribution in [2.45, 2.75) is 13.3 Å². The average Bonchev–Trinajstić information content (AvgIpc) is 3.24. The Morgan fingerprint density at radius 3 is 2.65 bits per heavy atom. The fourth-order valence-electron chi connectivity index (χ4n) is 2.98. The van der Waals surface area contributed by atoms with Crippen molar-refractivity contribution in [2.75, 3.05) is 6.54 Å². The standard InChI is InChI=1S/C21H19N3OS/c1-15-7-9-17(10-8-15)19-18(23-21-24(19)13-14-26-21)20(25)22-12-11-16-5-3-2-4-6-16/h2-10,13-14H,11-12H2,1H3,(H,22,25). The van der Waals surface area contributed by atoms with Crippen LogP contribution in [0.15, 0.2) is 66.2 Å². The van der Waals surface area contributed by atoms with Gasteiger partial charge in [0.2, 0.25) is 0 Å². The first-order chi connectivity index (χ1) is 12.7. The molecule has 0 radical (unpaired) electrons. The summed E-state index contributed by atoms with van der Waals surface area (Å²) < 4.78 is 1.99. The van der Waals surface area contributed by atoms with Crippen molar-refractivity contribution in [3.8, 4) is 11.3 Å². The van der Waals surface area contributed by atoms with Crippen LogP contribution >= 0.6 is 11.3 Å². The fourth-order valence-corrected chi connectivity index (χ4v) is 3.69. The summed E-state index contributed by atoms with van der Waals surface area (Å²) in [6, 6.07) is 18.3. The first-order valence-electron chi connectivity index (χ1n) is 8.57. The third-order valence-corrected chi connectivity index (χ3v) is 5.10. The molecule has 0 unspecified atom stereocenters. The van der Waals surface area contributed by atoms with Crippen LogP contribution in [0.4, 0.5) is 0 Å². The highest BCUT2D eigenvalue weighted by molar-refractivity contribution is 7.15. The van der Waals surface area contributed by atoms with Gasteiger partial charge in [0.25, 0.3) is 5.91 Å². The normalized spacial score (nSPS) is 11.0. The monoisotopic (exact) mass is 361 g/mol. The molecule has 0 bridgehead atoms. The Morgan fingerprint density at radius 1 is 1.12 bits per heavy atom. The summed E-state index contributed by atoms with van der Waals surface area (Å²) in [5, 5.41) is 4.99. The van der Waals surface area contributed by atoms with Gasteiger partial charge in [-0.1, -0.05) is 60.2 Å². The zero-order chi connectivity index (χ0) is 17.9. The van der Waals surface area contributed by atoms with E-state index in [1.807, 2.05) is 46.3 Å². The summed E-state index contributed by atoms with van der Waals surface area (Å²) in [5.74, 6) is -0.132. The van der Waals surface area contributed by atoms with Gasteiger partial charge in [0, 0.05) is 23.7 Å². The van der Waals surface area contributed by atoms with Crippen LogP contribution in [0.2, 0.25) is 0 Å². The lowest BCUT2D eigenvalue weighted by Crippen LogP contribution is -2.26. The Bertz CT molecular complexity index is 1030. The molecule has 0 aliphatic rings. The van der Waals surface area contributed by atoms with Gasteiger partial charge in [0.15, 0.2) is 10.7 Å². The molecular weight excluding hydrogens is 342 g/mol. The number of nitrogens with zero attached hydrogens (tertiary/aromatic N) is 2. The zero-order valence-corrected chi connectivity index (χ0v) is 15.3. The van der Waals surface area contributed by atoms with Crippen molar-refractivity contribution >= 4 is 22.2 Å². The number of aromatic nitrogens is 2. The van der Waals surface area contributed by atoms with Crippen LogP contribution in [0, 0.1) is 6.92 Å². The minimum Gasteiger partial charge on any atom is -0.350 e. The Balaban J connectivity index is 1.59. The van der Waals surface area contributed by atoms with Gasteiger partial charge in [-0.2, -0.15) is 0 Å². The van der Waals surface area contributed by atoms with E-state index in [0.29, 0.717) is 12.2 Å². The molecule has 0 aliphatic carbocycles. The van der Waals surface area contributed by atoms with Gasteiger partial charge in [-0.25, -0.2) is 4.98 Å². The van der Waals surface area contributed by atoms with E-state index in [0.717, 1.165) is 22.6 Å². The molecule has 1 amide bonds. The summed E-state index contributed by atoms with van der Waals surface area (Å²) in [6.45, 7) is 2.64. The van der Waals surface area contributed by atoms with E-state index in [-0.39, 0.29) is 5.91 Å². The van der Waals surface area contributed by atoms with Crippen molar-refractivity contribution in [3.63, 3.8) is 0 Å². The van der Waals surface area contributed by atoms with E-state index < -0.39 is 0 Å². The number of thiazole rings is 1. The van der Waals surface area contributed by atoms with Gasteiger partial charge >= 0.3 is 0 Å². The van der Waals surface area contributed by atoms with Crippen LogP contribution in [0.5, 0.6) is 0 Å². The van der Waals surface area contributed by atoms with Gasteiger partial charge in [0.1, 0.15) is 0 Å². The predicted octanol–water partition coefficient (Wildman–Crippen LogP) is 4.34. The molecule has 0 saturated heterocycles. The first kappa shape index (κ1) is 16.5. The highest BCUT2D eigenvalue weighted by Gasteiger charge is 2.20. The number of nitrogens with one attached hydrogen (secondary N) is 1. The number of benzene rings is 2. The second-order valence-corrected chi connectivity index (χ2v) is 7.10. The van der Waals surface area contributed by atoms with Crippen molar-refractivity contribution in [3.05, 3.63) is 83.0 Å². The van der Waals surface area contributed by atoms with Crippen LogP contribution in [0.1, 0.15) is 21.6 Å².